The molecule has 28 heavy (non-hydrogen) atoms. The predicted molar refractivity (Wildman–Crippen MR) is 108 cm³/mol. The van der Waals surface area contributed by atoms with Crippen LogP contribution in [0.3, 0.4) is 0 Å². The van der Waals surface area contributed by atoms with Gasteiger partial charge in [0.15, 0.2) is 0 Å². The molecule has 0 aliphatic carbocycles. The molecule has 3 aromatic rings. The van der Waals surface area contributed by atoms with Crippen molar-refractivity contribution in [2.75, 3.05) is 31.1 Å². The van der Waals surface area contributed by atoms with Gasteiger partial charge in [0.1, 0.15) is 0 Å². The van der Waals surface area contributed by atoms with Gasteiger partial charge in [-0.05, 0) is 35.7 Å². The number of carbonyl (C=O) groups excluding carboxylic acids is 1. The van der Waals surface area contributed by atoms with Gasteiger partial charge in [0, 0.05) is 37.3 Å². The lowest BCUT2D eigenvalue weighted by Gasteiger charge is -2.33. The summed E-state index contributed by atoms with van der Waals surface area (Å²) in [7, 11) is 0. The van der Waals surface area contributed by atoms with E-state index >= 15 is 0 Å². The van der Waals surface area contributed by atoms with Gasteiger partial charge in [0.25, 0.3) is 5.91 Å². The first-order valence-electron chi connectivity index (χ1n) is 9.65. The van der Waals surface area contributed by atoms with Crippen molar-refractivity contribution < 1.29 is 9.21 Å². The Morgan fingerprint density at radius 3 is 2.25 bits per heavy atom. The second kappa shape index (κ2) is 7.84. The highest BCUT2D eigenvalue weighted by Gasteiger charge is 2.25. The van der Waals surface area contributed by atoms with Crippen LogP contribution < -0.4 is 4.90 Å². The van der Waals surface area contributed by atoms with Gasteiger partial charge in [-0.2, -0.15) is 0 Å². The van der Waals surface area contributed by atoms with Crippen molar-refractivity contribution in [3.63, 3.8) is 0 Å². The summed E-state index contributed by atoms with van der Waals surface area (Å²) < 4.78 is 5.83. The van der Waals surface area contributed by atoms with E-state index in [4.69, 9.17) is 4.42 Å². The molecule has 144 valence electrons. The van der Waals surface area contributed by atoms with Crippen molar-refractivity contribution in [1.82, 2.24) is 15.1 Å². The number of anilines is 1. The molecule has 2 aromatic carbocycles. The van der Waals surface area contributed by atoms with E-state index in [1.54, 1.807) is 0 Å². The summed E-state index contributed by atoms with van der Waals surface area (Å²) in [5.41, 5.74) is 2.88. The molecule has 0 N–H and O–H groups in total. The molecule has 0 spiro atoms. The van der Waals surface area contributed by atoms with Gasteiger partial charge in [0.05, 0.1) is 0 Å². The van der Waals surface area contributed by atoms with E-state index in [0.717, 1.165) is 11.1 Å². The molecule has 1 aromatic heterocycles. The second-order valence-electron chi connectivity index (χ2n) is 7.31. The van der Waals surface area contributed by atoms with Crippen LogP contribution in [0.15, 0.2) is 59.0 Å². The van der Waals surface area contributed by atoms with Gasteiger partial charge in [0.2, 0.25) is 5.89 Å². The number of rotatable bonds is 4. The fourth-order valence-corrected chi connectivity index (χ4v) is 3.33. The van der Waals surface area contributed by atoms with E-state index in [9.17, 15) is 4.79 Å². The Labute approximate surface area is 164 Å². The maximum Gasteiger partial charge on any atom is 0.318 e. The first-order chi connectivity index (χ1) is 13.6. The summed E-state index contributed by atoms with van der Waals surface area (Å²) in [5.74, 6) is 1.05. The van der Waals surface area contributed by atoms with Gasteiger partial charge < -0.3 is 14.2 Å². The fourth-order valence-electron chi connectivity index (χ4n) is 3.33. The topological polar surface area (TPSA) is 62.5 Å². The highest BCUT2D eigenvalue weighted by Crippen LogP contribution is 2.23. The zero-order valence-corrected chi connectivity index (χ0v) is 16.2. The van der Waals surface area contributed by atoms with E-state index in [1.807, 2.05) is 64.4 Å². The largest absolute Gasteiger partial charge is 0.403 e. The number of carbonyl (C=O) groups is 1. The van der Waals surface area contributed by atoms with Crippen molar-refractivity contribution in [1.29, 1.82) is 0 Å². The van der Waals surface area contributed by atoms with E-state index in [1.165, 1.54) is 5.56 Å². The minimum Gasteiger partial charge on any atom is -0.403 e. The minimum atomic E-state index is 0.0745. The first kappa shape index (κ1) is 18.2. The molecule has 6 heteroatoms. The summed E-state index contributed by atoms with van der Waals surface area (Å²) in [6.45, 7) is 6.91. The molecule has 1 aliphatic heterocycles. The number of amides is 1. The Balaban J connectivity index is 1.38. The van der Waals surface area contributed by atoms with Crippen LogP contribution in [-0.4, -0.2) is 47.2 Å². The summed E-state index contributed by atoms with van der Waals surface area (Å²) >= 11 is 0. The quantitative estimate of drug-likeness (QED) is 0.693. The molecule has 0 radical (unpaired) electrons. The molecular weight excluding hydrogens is 352 g/mol. The van der Waals surface area contributed by atoms with Crippen LogP contribution in [0.2, 0.25) is 0 Å². The molecule has 1 saturated heterocycles. The normalized spacial score (nSPS) is 14.5. The SMILES string of the molecule is CC(C)c1ccc(C(=O)N2CCN(c3nnc(-c4ccccc4)o3)CC2)cc1. The van der Waals surface area contributed by atoms with Crippen molar-refractivity contribution in [2.45, 2.75) is 19.8 Å². The number of nitrogens with zero attached hydrogens (tertiary/aromatic N) is 4. The molecule has 0 saturated carbocycles. The van der Waals surface area contributed by atoms with Crippen LogP contribution in [0.1, 0.15) is 35.7 Å². The summed E-state index contributed by atoms with van der Waals surface area (Å²) in [4.78, 5) is 16.7. The lowest BCUT2D eigenvalue weighted by atomic mass is 10.0. The monoisotopic (exact) mass is 376 g/mol. The van der Waals surface area contributed by atoms with Crippen LogP contribution >= 0.6 is 0 Å². The van der Waals surface area contributed by atoms with Crippen LogP contribution in [0, 0.1) is 0 Å². The molecule has 0 unspecified atom stereocenters. The van der Waals surface area contributed by atoms with Gasteiger partial charge in [-0.25, -0.2) is 0 Å². The first-order valence-corrected chi connectivity index (χ1v) is 9.65. The van der Waals surface area contributed by atoms with Gasteiger partial charge >= 0.3 is 6.01 Å². The molecule has 4 rings (SSSR count). The Kier molecular flexibility index (Phi) is 5.10. The highest BCUT2D eigenvalue weighted by atomic mass is 16.4. The maximum absolute atomic E-state index is 12.8. The smallest absolute Gasteiger partial charge is 0.318 e. The van der Waals surface area contributed by atoms with Gasteiger partial charge in [-0.1, -0.05) is 49.3 Å². The third-order valence-electron chi connectivity index (χ3n) is 5.10. The van der Waals surface area contributed by atoms with Crippen LogP contribution in [0.25, 0.3) is 11.5 Å². The zero-order valence-electron chi connectivity index (χ0n) is 16.2. The van der Waals surface area contributed by atoms with E-state index in [0.29, 0.717) is 44.0 Å². The Hall–Kier alpha value is -3.15. The Morgan fingerprint density at radius 1 is 0.929 bits per heavy atom. The summed E-state index contributed by atoms with van der Waals surface area (Å²) in [6.07, 6.45) is 0. The van der Waals surface area contributed by atoms with Crippen LogP contribution in [0.4, 0.5) is 6.01 Å². The average molecular weight is 376 g/mol. The minimum absolute atomic E-state index is 0.0745. The highest BCUT2D eigenvalue weighted by molar-refractivity contribution is 5.94. The number of piperazine rings is 1. The summed E-state index contributed by atoms with van der Waals surface area (Å²) in [5, 5.41) is 8.32. The average Bonchev–Trinajstić information content (AvgIpc) is 3.24. The molecular formula is C22H24N4O2. The third-order valence-corrected chi connectivity index (χ3v) is 5.10. The van der Waals surface area contributed by atoms with Crippen molar-refractivity contribution in [3.8, 4) is 11.5 Å². The predicted octanol–water partition coefficient (Wildman–Crippen LogP) is 3.82. The molecule has 1 amide bonds. The maximum atomic E-state index is 12.8. The molecule has 2 heterocycles. The Morgan fingerprint density at radius 2 is 1.61 bits per heavy atom. The van der Waals surface area contributed by atoms with Crippen molar-refractivity contribution in [3.05, 3.63) is 65.7 Å². The number of hydrogen-bond acceptors (Lipinski definition) is 5. The van der Waals surface area contributed by atoms with E-state index in [-0.39, 0.29) is 5.91 Å². The molecule has 0 bridgehead atoms. The standard InChI is InChI=1S/C22H24N4O2/c1-16(2)17-8-10-19(11-9-17)21(27)25-12-14-26(15-13-25)22-24-23-20(28-22)18-6-4-3-5-7-18/h3-11,16H,12-15H2,1-2H3. The fraction of sp³-hybridized carbons (Fsp3) is 0.318. The Bertz CT molecular complexity index is 927. The molecule has 1 aliphatic rings. The molecule has 0 atom stereocenters. The molecule has 6 nitrogen and oxygen atoms in total. The number of hydrogen-bond donors (Lipinski definition) is 0. The second-order valence-corrected chi connectivity index (χ2v) is 7.31. The van der Waals surface area contributed by atoms with Gasteiger partial charge in [-0.3, -0.25) is 4.79 Å². The van der Waals surface area contributed by atoms with Crippen LogP contribution in [0.5, 0.6) is 0 Å². The van der Waals surface area contributed by atoms with Gasteiger partial charge in [-0.15, -0.1) is 5.10 Å². The van der Waals surface area contributed by atoms with Crippen LogP contribution in [-0.2, 0) is 0 Å². The van der Waals surface area contributed by atoms with E-state index < -0.39 is 0 Å². The lowest BCUT2D eigenvalue weighted by Crippen LogP contribution is -2.48. The zero-order chi connectivity index (χ0) is 19.5. The number of benzene rings is 2. The third kappa shape index (κ3) is 3.76. The van der Waals surface area contributed by atoms with E-state index in [2.05, 4.69) is 24.0 Å². The molecule has 1 fully saturated rings. The lowest BCUT2D eigenvalue weighted by molar-refractivity contribution is 0.0745. The van der Waals surface area contributed by atoms with Crippen molar-refractivity contribution >= 4 is 11.9 Å². The summed E-state index contributed by atoms with van der Waals surface area (Å²) in [6, 6.07) is 18.2. The number of aromatic nitrogens is 2. The van der Waals surface area contributed by atoms with Crippen molar-refractivity contribution in [2.24, 2.45) is 0 Å².